The average Bonchev–Trinajstić information content (AvgIpc) is 2.98. The molecule has 0 amide bonds. The number of hydrogen-bond acceptors (Lipinski definition) is 4. The Morgan fingerprint density at radius 2 is 2.23 bits per heavy atom. The Morgan fingerprint density at radius 3 is 2.95 bits per heavy atom. The van der Waals surface area contributed by atoms with Crippen LogP contribution in [-0.2, 0) is 0 Å². The Kier molecular flexibility index (Phi) is 4.26. The number of aromatic nitrogens is 1. The smallest absolute Gasteiger partial charge is 0.134 e. The van der Waals surface area contributed by atoms with Gasteiger partial charge in [0.15, 0.2) is 0 Å². The van der Waals surface area contributed by atoms with Crippen molar-refractivity contribution in [1.29, 1.82) is 5.26 Å². The van der Waals surface area contributed by atoms with Gasteiger partial charge in [0.05, 0.1) is 11.3 Å². The van der Waals surface area contributed by atoms with Crippen LogP contribution in [0.1, 0.15) is 37.6 Å². The summed E-state index contributed by atoms with van der Waals surface area (Å²) in [6.45, 7) is 2.24. The third-order valence-electron chi connectivity index (χ3n) is 4.13. The molecular weight excluding hydrogens is 292 g/mol. The second-order valence-corrected chi connectivity index (χ2v) is 6.71. The molecule has 4 heteroatoms. The molecule has 1 N–H and O–H groups in total. The molecular formula is C18H18N2OS. The van der Waals surface area contributed by atoms with Crippen molar-refractivity contribution in [3.8, 4) is 23.1 Å². The fourth-order valence-corrected chi connectivity index (χ4v) is 3.86. The van der Waals surface area contributed by atoms with E-state index in [1.165, 1.54) is 23.3 Å². The van der Waals surface area contributed by atoms with Crippen molar-refractivity contribution in [1.82, 2.24) is 4.98 Å². The first-order valence-electron chi connectivity index (χ1n) is 7.55. The highest BCUT2D eigenvalue weighted by molar-refractivity contribution is 7.11. The lowest BCUT2D eigenvalue weighted by molar-refractivity contribution is 0.454. The van der Waals surface area contributed by atoms with Crippen molar-refractivity contribution in [3.05, 3.63) is 40.2 Å². The molecule has 0 bridgehead atoms. The minimum absolute atomic E-state index is 0.219. The molecule has 3 nitrogen and oxygen atoms in total. The Hall–Kier alpha value is -2.12. The fourth-order valence-electron chi connectivity index (χ4n) is 3.00. The third-order valence-corrected chi connectivity index (χ3v) is 4.99. The van der Waals surface area contributed by atoms with Gasteiger partial charge in [0.25, 0.3) is 0 Å². The first-order valence-corrected chi connectivity index (χ1v) is 8.43. The molecule has 1 atom stereocenters. The zero-order valence-electron chi connectivity index (χ0n) is 12.5. The number of nitriles is 1. The van der Waals surface area contributed by atoms with E-state index in [2.05, 4.69) is 18.0 Å². The van der Waals surface area contributed by atoms with Crippen molar-refractivity contribution in [2.75, 3.05) is 0 Å². The van der Waals surface area contributed by atoms with Gasteiger partial charge in [-0.15, -0.1) is 11.3 Å². The highest BCUT2D eigenvalue weighted by Crippen LogP contribution is 2.36. The van der Waals surface area contributed by atoms with Gasteiger partial charge >= 0.3 is 0 Å². The Morgan fingerprint density at radius 1 is 1.41 bits per heavy atom. The maximum Gasteiger partial charge on any atom is 0.134 e. The average molecular weight is 310 g/mol. The van der Waals surface area contributed by atoms with Gasteiger partial charge in [-0.05, 0) is 42.9 Å². The maximum atomic E-state index is 9.94. The first-order chi connectivity index (χ1) is 10.7. The molecule has 3 rings (SSSR count). The Balaban J connectivity index is 1.97. The van der Waals surface area contributed by atoms with E-state index in [0.29, 0.717) is 11.5 Å². The van der Waals surface area contributed by atoms with E-state index in [4.69, 9.17) is 0 Å². The summed E-state index contributed by atoms with van der Waals surface area (Å²) in [7, 11) is 0. The molecule has 1 aromatic heterocycles. The quantitative estimate of drug-likeness (QED) is 0.794. The number of benzene rings is 1. The zero-order valence-corrected chi connectivity index (χ0v) is 13.4. The normalized spacial score (nSPS) is 20.5. The summed E-state index contributed by atoms with van der Waals surface area (Å²) in [5, 5.41) is 22.2. The van der Waals surface area contributed by atoms with Gasteiger partial charge in [0, 0.05) is 10.9 Å². The van der Waals surface area contributed by atoms with Crippen molar-refractivity contribution in [2.45, 2.75) is 32.6 Å². The standard InChI is InChI=1S/C18H18N2OS/c1-12-5-4-6-13(9-12)15(10-19)18-20-16(11-22-18)14-7-2-3-8-17(14)21/h2-3,7-8,11-12,21H,4-6,9H2,1H3/b15-13+/t12-/m1/s1. The van der Waals surface area contributed by atoms with Crippen LogP contribution in [0.25, 0.3) is 16.8 Å². The number of allylic oxidation sites excluding steroid dienone is 2. The molecule has 0 aliphatic heterocycles. The van der Waals surface area contributed by atoms with Crippen molar-refractivity contribution in [2.24, 2.45) is 5.92 Å². The highest BCUT2D eigenvalue weighted by atomic mass is 32.1. The highest BCUT2D eigenvalue weighted by Gasteiger charge is 2.20. The van der Waals surface area contributed by atoms with Crippen LogP contribution in [0.4, 0.5) is 0 Å². The van der Waals surface area contributed by atoms with Crippen molar-refractivity contribution < 1.29 is 5.11 Å². The molecule has 1 heterocycles. The monoisotopic (exact) mass is 310 g/mol. The summed E-state index contributed by atoms with van der Waals surface area (Å²) in [5.41, 5.74) is 3.41. The molecule has 1 aromatic carbocycles. The first kappa shape index (κ1) is 14.8. The van der Waals surface area contributed by atoms with Gasteiger partial charge in [-0.25, -0.2) is 4.98 Å². The SMILES string of the molecule is C[C@@H]1CCC/C(=C(/C#N)c2nc(-c3ccccc3O)cs2)C1. The van der Waals surface area contributed by atoms with Gasteiger partial charge in [-0.2, -0.15) is 5.26 Å². The van der Waals surface area contributed by atoms with Crippen LogP contribution in [0.3, 0.4) is 0 Å². The molecule has 112 valence electrons. The number of hydrogen-bond donors (Lipinski definition) is 1. The van der Waals surface area contributed by atoms with Gasteiger partial charge in [0.2, 0.25) is 0 Å². The largest absolute Gasteiger partial charge is 0.507 e. The number of thiazole rings is 1. The number of nitrogens with zero attached hydrogens (tertiary/aromatic N) is 2. The van der Waals surface area contributed by atoms with Crippen LogP contribution in [0.2, 0.25) is 0 Å². The molecule has 1 saturated carbocycles. The Labute approximate surface area is 134 Å². The second-order valence-electron chi connectivity index (χ2n) is 5.85. The summed E-state index contributed by atoms with van der Waals surface area (Å²) in [5.74, 6) is 0.862. The van der Waals surface area contributed by atoms with Crippen LogP contribution in [0, 0.1) is 17.2 Å². The molecule has 1 aliphatic rings. The van der Waals surface area contributed by atoms with Crippen molar-refractivity contribution in [3.63, 3.8) is 0 Å². The van der Waals surface area contributed by atoms with Crippen molar-refractivity contribution >= 4 is 16.9 Å². The predicted octanol–water partition coefficient (Wildman–Crippen LogP) is 5.00. The lowest BCUT2D eigenvalue weighted by atomic mass is 9.84. The van der Waals surface area contributed by atoms with Crippen LogP contribution >= 0.6 is 11.3 Å². The number of aromatic hydroxyl groups is 1. The molecule has 0 unspecified atom stereocenters. The van der Waals surface area contributed by atoms with Gasteiger partial charge < -0.3 is 5.11 Å². The minimum atomic E-state index is 0.219. The predicted molar refractivity (Wildman–Crippen MR) is 89.4 cm³/mol. The van der Waals surface area contributed by atoms with Crippen LogP contribution in [-0.4, -0.2) is 10.1 Å². The van der Waals surface area contributed by atoms with Crippen LogP contribution in [0.15, 0.2) is 35.2 Å². The Bertz CT molecular complexity index is 754. The molecule has 0 radical (unpaired) electrons. The van der Waals surface area contributed by atoms with E-state index in [-0.39, 0.29) is 5.75 Å². The van der Waals surface area contributed by atoms with E-state index >= 15 is 0 Å². The van der Waals surface area contributed by atoms with E-state index in [1.807, 2.05) is 17.5 Å². The molecule has 0 saturated heterocycles. The number of rotatable bonds is 2. The number of para-hydroxylation sites is 1. The second kappa shape index (κ2) is 6.33. The van der Waals surface area contributed by atoms with E-state index in [0.717, 1.165) is 35.5 Å². The summed E-state index contributed by atoms with van der Waals surface area (Å²) < 4.78 is 0. The fraction of sp³-hybridized carbons (Fsp3) is 0.333. The lowest BCUT2D eigenvalue weighted by Gasteiger charge is -2.21. The summed E-state index contributed by atoms with van der Waals surface area (Å²) >= 11 is 1.48. The topological polar surface area (TPSA) is 56.9 Å². The van der Waals surface area contributed by atoms with Crippen LogP contribution < -0.4 is 0 Å². The lowest BCUT2D eigenvalue weighted by Crippen LogP contribution is -2.06. The molecule has 22 heavy (non-hydrogen) atoms. The molecule has 2 aromatic rings. The summed E-state index contributed by atoms with van der Waals surface area (Å²) in [6, 6.07) is 9.52. The number of phenolic OH excluding ortho intramolecular Hbond substituents is 1. The third kappa shape index (κ3) is 2.90. The van der Waals surface area contributed by atoms with E-state index < -0.39 is 0 Å². The zero-order chi connectivity index (χ0) is 15.5. The molecule has 1 aliphatic carbocycles. The van der Waals surface area contributed by atoms with Crippen LogP contribution in [0.5, 0.6) is 5.75 Å². The maximum absolute atomic E-state index is 9.94. The van der Waals surface area contributed by atoms with Gasteiger partial charge in [-0.3, -0.25) is 0 Å². The minimum Gasteiger partial charge on any atom is -0.507 e. The van der Waals surface area contributed by atoms with E-state index in [9.17, 15) is 10.4 Å². The van der Waals surface area contributed by atoms with E-state index in [1.54, 1.807) is 12.1 Å². The number of phenols is 1. The molecule has 1 fully saturated rings. The van der Waals surface area contributed by atoms with Gasteiger partial charge in [-0.1, -0.05) is 25.5 Å². The summed E-state index contributed by atoms with van der Waals surface area (Å²) in [6.07, 6.45) is 4.38. The van der Waals surface area contributed by atoms with Gasteiger partial charge in [0.1, 0.15) is 16.8 Å². The summed E-state index contributed by atoms with van der Waals surface area (Å²) in [4.78, 5) is 4.59. The molecule has 0 spiro atoms.